The Labute approximate surface area is 97.8 Å². The average Bonchev–Trinajstić information content (AvgIpc) is 2.65. The zero-order chi connectivity index (χ0) is 11.6. The van der Waals surface area contributed by atoms with Crippen LogP contribution in [0, 0.1) is 0 Å². The fourth-order valence-electron chi connectivity index (χ4n) is 2.37. The number of benzene rings is 1. The van der Waals surface area contributed by atoms with E-state index in [0.29, 0.717) is 0 Å². The minimum atomic E-state index is 0.0382. The van der Waals surface area contributed by atoms with E-state index in [1.165, 1.54) is 12.8 Å². The molecule has 1 aliphatic rings. The number of rotatable bonds is 3. The van der Waals surface area contributed by atoms with Gasteiger partial charge in [0.2, 0.25) is 0 Å². The zero-order valence-corrected chi connectivity index (χ0v) is 10.2. The summed E-state index contributed by atoms with van der Waals surface area (Å²) in [5.74, 6) is 0.958. The fourth-order valence-corrected chi connectivity index (χ4v) is 2.37. The zero-order valence-electron chi connectivity index (χ0n) is 10.2. The van der Waals surface area contributed by atoms with Crippen molar-refractivity contribution < 1.29 is 4.74 Å². The van der Waals surface area contributed by atoms with E-state index in [-0.39, 0.29) is 11.6 Å². The van der Waals surface area contributed by atoms with E-state index in [9.17, 15) is 0 Å². The monoisotopic (exact) mass is 219 g/mol. The SMILES string of the molecule is CC(N)c1cccc(OC2(C)CCCC2)c1. The van der Waals surface area contributed by atoms with Gasteiger partial charge in [-0.2, -0.15) is 0 Å². The van der Waals surface area contributed by atoms with Crippen LogP contribution < -0.4 is 10.5 Å². The van der Waals surface area contributed by atoms with Crippen LogP contribution in [0.4, 0.5) is 0 Å². The van der Waals surface area contributed by atoms with Gasteiger partial charge in [-0.15, -0.1) is 0 Å². The third-order valence-electron chi connectivity index (χ3n) is 3.41. The summed E-state index contributed by atoms with van der Waals surface area (Å²) >= 11 is 0. The lowest BCUT2D eigenvalue weighted by molar-refractivity contribution is 0.0967. The number of nitrogens with two attached hydrogens (primary N) is 1. The van der Waals surface area contributed by atoms with Gasteiger partial charge < -0.3 is 10.5 Å². The highest BCUT2D eigenvalue weighted by atomic mass is 16.5. The van der Waals surface area contributed by atoms with Crippen molar-refractivity contribution in [2.45, 2.75) is 51.2 Å². The van der Waals surface area contributed by atoms with Gasteiger partial charge in [-0.3, -0.25) is 0 Å². The molecular weight excluding hydrogens is 198 g/mol. The Kier molecular flexibility index (Phi) is 3.20. The van der Waals surface area contributed by atoms with Gasteiger partial charge in [0, 0.05) is 6.04 Å². The lowest BCUT2D eigenvalue weighted by atomic mass is 10.0. The number of ether oxygens (including phenoxy) is 1. The van der Waals surface area contributed by atoms with E-state index in [2.05, 4.69) is 19.1 Å². The summed E-state index contributed by atoms with van der Waals surface area (Å²) in [7, 11) is 0. The van der Waals surface area contributed by atoms with Crippen LogP contribution in [0.5, 0.6) is 5.75 Å². The molecule has 16 heavy (non-hydrogen) atoms. The third-order valence-corrected chi connectivity index (χ3v) is 3.41. The topological polar surface area (TPSA) is 35.2 Å². The molecular formula is C14H21NO. The molecule has 0 saturated heterocycles. The van der Waals surface area contributed by atoms with Crippen molar-refractivity contribution >= 4 is 0 Å². The van der Waals surface area contributed by atoms with Crippen molar-refractivity contribution in [1.82, 2.24) is 0 Å². The van der Waals surface area contributed by atoms with Crippen LogP contribution in [0.2, 0.25) is 0 Å². The molecule has 0 aromatic heterocycles. The first kappa shape index (κ1) is 11.5. The summed E-state index contributed by atoms with van der Waals surface area (Å²) in [6.45, 7) is 4.20. The van der Waals surface area contributed by atoms with E-state index >= 15 is 0 Å². The Morgan fingerprint density at radius 2 is 2.00 bits per heavy atom. The first-order valence-corrected chi connectivity index (χ1v) is 6.14. The molecule has 0 bridgehead atoms. The maximum atomic E-state index is 6.10. The smallest absolute Gasteiger partial charge is 0.120 e. The molecule has 0 aliphatic heterocycles. The molecule has 2 N–H and O–H groups in total. The molecule has 1 aromatic rings. The molecule has 1 atom stereocenters. The van der Waals surface area contributed by atoms with Gasteiger partial charge in [-0.25, -0.2) is 0 Å². The maximum absolute atomic E-state index is 6.10. The lowest BCUT2D eigenvalue weighted by Crippen LogP contribution is -2.28. The first-order chi connectivity index (χ1) is 7.59. The van der Waals surface area contributed by atoms with Crippen LogP contribution in [0.1, 0.15) is 51.1 Å². The van der Waals surface area contributed by atoms with Gasteiger partial charge in [-0.05, 0) is 57.2 Å². The summed E-state index contributed by atoms with van der Waals surface area (Å²) in [5.41, 5.74) is 7.04. The minimum absolute atomic E-state index is 0.0382. The largest absolute Gasteiger partial charge is 0.488 e. The lowest BCUT2D eigenvalue weighted by Gasteiger charge is -2.26. The van der Waals surface area contributed by atoms with Gasteiger partial charge >= 0.3 is 0 Å². The molecule has 2 nitrogen and oxygen atoms in total. The molecule has 0 heterocycles. The van der Waals surface area contributed by atoms with Crippen LogP contribution in [0.15, 0.2) is 24.3 Å². The first-order valence-electron chi connectivity index (χ1n) is 6.14. The van der Waals surface area contributed by atoms with E-state index in [1.807, 2.05) is 19.1 Å². The molecule has 2 heteroatoms. The summed E-state index contributed by atoms with van der Waals surface area (Å²) in [6.07, 6.45) is 4.89. The predicted molar refractivity (Wildman–Crippen MR) is 66.5 cm³/mol. The Bertz CT molecular complexity index is 354. The van der Waals surface area contributed by atoms with E-state index in [0.717, 1.165) is 24.2 Å². The van der Waals surface area contributed by atoms with Crippen molar-refractivity contribution in [3.63, 3.8) is 0 Å². The number of hydrogen-bond acceptors (Lipinski definition) is 2. The third kappa shape index (κ3) is 2.56. The molecule has 1 unspecified atom stereocenters. The van der Waals surface area contributed by atoms with Gasteiger partial charge in [0.1, 0.15) is 11.4 Å². The summed E-state index contributed by atoms with van der Waals surface area (Å²) < 4.78 is 6.10. The van der Waals surface area contributed by atoms with Crippen molar-refractivity contribution in [3.05, 3.63) is 29.8 Å². The van der Waals surface area contributed by atoms with Crippen LogP contribution in [0.3, 0.4) is 0 Å². The van der Waals surface area contributed by atoms with Gasteiger partial charge in [0.25, 0.3) is 0 Å². The van der Waals surface area contributed by atoms with Crippen LogP contribution in [-0.4, -0.2) is 5.60 Å². The second kappa shape index (κ2) is 4.46. The van der Waals surface area contributed by atoms with E-state index in [4.69, 9.17) is 10.5 Å². The quantitative estimate of drug-likeness (QED) is 0.845. The molecule has 2 rings (SSSR count). The molecule has 88 valence electrons. The molecule has 0 spiro atoms. The molecule has 1 aromatic carbocycles. The highest BCUT2D eigenvalue weighted by Gasteiger charge is 2.30. The molecule has 1 fully saturated rings. The summed E-state index contributed by atoms with van der Waals surface area (Å²) in [5, 5.41) is 0. The van der Waals surface area contributed by atoms with Crippen molar-refractivity contribution in [2.75, 3.05) is 0 Å². The van der Waals surface area contributed by atoms with Crippen LogP contribution >= 0.6 is 0 Å². The van der Waals surface area contributed by atoms with Crippen molar-refractivity contribution in [1.29, 1.82) is 0 Å². The standard InChI is InChI=1S/C14H21NO/c1-11(15)12-6-5-7-13(10-12)16-14(2)8-3-4-9-14/h5-7,10-11H,3-4,8-9,15H2,1-2H3. The molecule has 0 amide bonds. The normalized spacial score (nSPS) is 20.7. The summed E-state index contributed by atoms with van der Waals surface area (Å²) in [4.78, 5) is 0. The van der Waals surface area contributed by atoms with Gasteiger partial charge in [0.15, 0.2) is 0 Å². The van der Waals surface area contributed by atoms with Gasteiger partial charge in [-0.1, -0.05) is 12.1 Å². The molecule has 1 saturated carbocycles. The van der Waals surface area contributed by atoms with Crippen LogP contribution in [-0.2, 0) is 0 Å². The Balaban J connectivity index is 2.12. The minimum Gasteiger partial charge on any atom is -0.488 e. The maximum Gasteiger partial charge on any atom is 0.120 e. The van der Waals surface area contributed by atoms with Crippen LogP contribution in [0.25, 0.3) is 0 Å². The highest BCUT2D eigenvalue weighted by Crippen LogP contribution is 2.34. The van der Waals surface area contributed by atoms with Crippen molar-refractivity contribution in [2.24, 2.45) is 5.73 Å². The number of hydrogen-bond donors (Lipinski definition) is 1. The van der Waals surface area contributed by atoms with Crippen molar-refractivity contribution in [3.8, 4) is 5.75 Å². The Hall–Kier alpha value is -1.02. The highest BCUT2D eigenvalue weighted by molar-refractivity contribution is 5.30. The molecule has 1 aliphatic carbocycles. The fraction of sp³-hybridized carbons (Fsp3) is 0.571. The Morgan fingerprint density at radius 3 is 2.62 bits per heavy atom. The summed E-state index contributed by atoms with van der Waals surface area (Å²) in [6, 6.07) is 8.23. The van der Waals surface area contributed by atoms with E-state index < -0.39 is 0 Å². The Morgan fingerprint density at radius 1 is 1.31 bits per heavy atom. The molecule has 0 radical (unpaired) electrons. The average molecular weight is 219 g/mol. The van der Waals surface area contributed by atoms with E-state index in [1.54, 1.807) is 0 Å². The second-order valence-electron chi connectivity index (χ2n) is 5.12. The second-order valence-corrected chi connectivity index (χ2v) is 5.12. The van der Waals surface area contributed by atoms with Gasteiger partial charge in [0.05, 0.1) is 0 Å². The predicted octanol–water partition coefficient (Wildman–Crippen LogP) is 3.42.